The fourth-order valence-electron chi connectivity index (χ4n) is 6.32. The molecule has 11 nitrogen and oxygen atoms in total. The number of aliphatic imine (C=N–C) groups is 1. The number of aromatic nitrogens is 4. The van der Waals surface area contributed by atoms with Gasteiger partial charge >= 0.3 is 6.18 Å². The Morgan fingerprint density at radius 2 is 1.82 bits per heavy atom. The molecule has 3 atom stereocenters. The number of halogens is 3. The Morgan fingerprint density at radius 3 is 2.43 bits per heavy atom. The number of hydrogen-bond donors (Lipinski definition) is 3. The minimum Gasteiger partial charge on any atom is -0.365 e. The van der Waals surface area contributed by atoms with Gasteiger partial charge < -0.3 is 24.8 Å². The Morgan fingerprint density at radius 1 is 1.09 bits per heavy atom. The zero-order valence-electron chi connectivity index (χ0n) is 25.3. The molecule has 2 fully saturated rings. The van der Waals surface area contributed by atoms with Gasteiger partial charge in [0.15, 0.2) is 17.3 Å². The molecular formula is C30H40F3N9O2. The fraction of sp³-hybridized carbons (Fsp3) is 0.600. The van der Waals surface area contributed by atoms with Crippen LogP contribution in [-0.2, 0) is 17.6 Å². The molecule has 3 aliphatic rings. The maximum absolute atomic E-state index is 13.3. The molecule has 3 aromatic rings. The molecule has 238 valence electrons. The van der Waals surface area contributed by atoms with Crippen LogP contribution >= 0.6 is 0 Å². The number of aliphatic hydroxyl groups excluding tert-OH is 1. The van der Waals surface area contributed by atoms with Gasteiger partial charge in [-0.15, -0.1) is 0 Å². The lowest BCUT2D eigenvalue weighted by Gasteiger charge is -2.32. The van der Waals surface area contributed by atoms with Gasteiger partial charge in [-0.3, -0.25) is 0 Å². The van der Waals surface area contributed by atoms with Gasteiger partial charge in [0.2, 0.25) is 11.8 Å². The molecule has 2 aromatic heterocycles. The standard InChI is InChI=1S/C30H40F3N9O2/c1-18(16-41-13-4-5-14-41)15-40(3)28-37-25-23(42(28)17-20-9-11-22(12-10-20)30(31,32)33)24(34-19(2)21-7-6-8-21)35-26(36-25)27-38-29(43)44-39-27/h9-12,18-19,21,29,43H,4-8,13-17H2,1-3H3,(H,38,39)(H,34,35,36)/t18?,19-,29?/m1/s1. The van der Waals surface area contributed by atoms with Crippen molar-refractivity contribution in [3.05, 3.63) is 41.2 Å². The first-order valence-corrected chi connectivity index (χ1v) is 15.4. The summed E-state index contributed by atoms with van der Waals surface area (Å²) in [5, 5.41) is 13.4. The van der Waals surface area contributed by atoms with E-state index in [2.05, 4.69) is 39.4 Å². The summed E-state index contributed by atoms with van der Waals surface area (Å²) in [4.78, 5) is 28.1. The molecule has 0 radical (unpaired) electrons. The number of benzene rings is 1. The molecule has 0 spiro atoms. The molecule has 44 heavy (non-hydrogen) atoms. The molecule has 0 bridgehead atoms. The number of nitrogens with one attached hydrogen (secondary N) is 2. The van der Waals surface area contributed by atoms with Crippen LogP contribution < -0.4 is 15.7 Å². The maximum Gasteiger partial charge on any atom is 0.416 e. The number of anilines is 2. The topological polar surface area (TPSA) is 116 Å². The number of alkyl halides is 3. The quantitative estimate of drug-likeness (QED) is 0.292. The van der Waals surface area contributed by atoms with Gasteiger partial charge in [0.25, 0.3) is 6.41 Å². The van der Waals surface area contributed by atoms with Crippen molar-refractivity contribution in [2.45, 2.75) is 71.1 Å². The maximum atomic E-state index is 13.3. The number of hydrogen-bond acceptors (Lipinski definition) is 10. The fourth-order valence-corrected chi connectivity index (χ4v) is 6.32. The van der Waals surface area contributed by atoms with Crippen molar-refractivity contribution in [1.29, 1.82) is 0 Å². The van der Waals surface area contributed by atoms with Crippen LogP contribution in [-0.4, -0.2) is 81.0 Å². The van der Waals surface area contributed by atoms with E-state index in [1.807, 2.05) is 11.6 Å². The molecule has 1 saturated carbocycles. The third-order valence-electron chi connectivity index (χ3n) is 8.83. The van der Waals surface area contributed by atoms with Crippen molar-refractivity contribution in [1.82, 2.24) is 29.9 Å². The number of imidazole rings is 1. The van der Waals surface area contributed by atoms with E-state index >= 15 is 0 Å². The highest BCUT2D eigenvalue weighted by molar-refractivity contribution is 5.98. The summed E-state index contributed by atoms with van der Waals surface area (Å²) >= 11 is 0. The molecule has 2 aliphatic heterocycles. The normalized spacial score (nSPS) is 20.8. The van der Waals surface area contributed by atoms with Crippen LogP contribution in [0.4, 0.5) is 24.9 Å². The number of fused-ring (bicyclic) bond motifs is 1. The van der Waals surface area contributed by atoms with Gasteiger partial charge in [-0.1, -0.05) is 25.5 Å². The van der Waals surface area contributed by atoms with E-state index in [9.17, 15) is 18.3 Å². The van der Waals surface area contributed by atoms with Gasteiger partial charge in [0.05, 0.1) is 12.1 Å². The van der Waals surface area contributed by atoms with E-state index in [4.69, 9.17) is 19.8 Å². The molecule has 4 heterocycles. The Balaban J connectivity index is 1.41. The summed E-state index contributed by atoms with van der Waals surface area (Å²) < 4.78 is 41.9. The van der Waals surface area contributed by atoms with E-state index in [1.165, 1.54) is 31.4 Å². The molecule has 0 amide bonds. The lowest BCUT2D eigenvalue weighted by molar-refractivity contribution is -0.137. The number of aliphatic hydroxyl groups is 1. The number of likely N-dealkylation sites (tertiary alicyclic amines) is 1. The van der Waals surface area contributed by atoms with Crippen LogP contribution in [0, 0.1) is 11.8 Å². The van der Waals surface area contributed by atoms with E-state index in [0.29, 0.717) is 40.3 Å². The highest BCUT2D eigenvalue weighted by Gasteiger charge is 2.31. The third-order valence-corrected chi connectivity index (χ3v) is 8.83. The average Bonchev–Trinajstić information content (AvgIpc) is 3.68. The summed E-state index contributed by atoms with van der Waals surface area (Å²) in [5.41, 5.74) is 3.64. The second-order valence-electron chi connectivity index (χ2n) is 12.4. The van der Waals surface area contributed by atoms with Crippen LogP contribution in [0.25, 0.3) is 11.2 Å². The molecule has 3 N–H and O–H groups in total. The van der Waals surface area contributed by atoms with Gasteiger partial charge in [0, 0.05) is 26.2 Å². The zero-order chi connectivity index (χ0) is 31.0. The van der Waals surface area contributed by atoms with Crippen LogP contribution in [0.15, 0.2) is 29.3 Å². The van der Waals surface area contributed by atoms with Crippen LogP contribution in [0.5, 0.6) is 0 Å². The minimum atomic E-state index is -4.41. The van der Waals surface area contributed by atoms with Crippen molar-refractivity contribution in [3.63, 3.8) is 0 Å². The average molecular weight is 616 g/mol. The van der Waals surface area contributed by atoms with E-state index < -0.39 is 18.2 Å². The van der Waals surface area contributed by atoms with Crippen molar-refractivity contribution in [2.24, 2.45) is 16.8 Å². The third kappa shape index (κ3) is 6.61. The molecule has 1 aliphatic carbocycles. The smallest absolute Gasteiger partial charge is 0.365 e. The molecule has 2 unspecified atom stereocenters. The summed E-state index contributed by atoms with van der Waals surface area (Å²) in [7, 11) is 1.98. The predicted molar refractivity (Wildman–Crippen MR) is 161 cm³/mol. The number of amidine groups is 1. The van der Waals surface area contributed by atoms with Crippen molar-refractivity contribution >= 4 is 28.8 Å². The summed E-state index contributed by atoms with van der Waals surface area (Å²) in [6.07, 6.45) is 0.102. The summed E-state index contributed by atoms with van der Waals surface area (Å²) in [5.74, 6) is 2.43. The zero-order valence-corrected chi connectivity index (χ0v) is 25.3. The largest absolute Gasteiger partial charge is 0.416 e. The van der Waals surface area contributed by atoms with Crippen molar-refractivity contribution in [2.75, 3.05) is 43.4 Å². The van der Waals surface area contributed by atoms with Crippen LogP contribution in [0.2, 0.25) is 0 Å². The lowest BCUT2D eigenvalue weighted by atomic mass is 9.80. The van der Waals surface area contributed by atoms with Gasteiger partial charge in [0.1, 0.15) is 5.52 Å². The molecule has 6 rings (SSSR count). The Bertz CT molecular complexity index is 1480. The SMILES string of the molecule is CC(CN1CCCC1)CN(C)c1nc2nc(C3=NC(O)ON3)nc(N[C@H](C)C3CCC3)c2n1Cc1ccc(C(F)(F)F)cc1. The predicted octanol–water partition coefficient (Wildman–Crippen LogP) is 4.22. The van der Waals surface area contributed by atoms with Crippen molar-refractivity contribution in [3.8, 4) is 0 Å². The van der Waals surface area contributed by atoms with E-state index in [0.717, 1.165) is 51.2 Å². The Hall–Kier alpha value is -3.49. The second-order valence-corrected chi connectivity index (χ2v) is 12.4. The van der Waals surface area contributed by atoms with Gasteiger partial charge in [-0.2, -0.15) is 18.2 Å². The summed E-state index contributed by atoms with van der Waals surface area (Å²) in [6, 6.07) is 5.34. The minimum absolute atomic E-state index is 0.117. The Kier molecular flexibility index (Phi) is 8.66. The van der Waals surface area contributed by atoms with Gasteiger partial charge in [-0.25, -0.2) is 25.3 Å². The summed E-state index contributed by atoms with van der Waals surface area (Å²) in [6.45, 7) is 8.55. The highest BCUT2D eigenvalue weighted by atomic mass is 19.4. The first-order chi connectivity index (χ1) is 21.0. The Labute approximate surface area is 254 Å². The number of hydroxylamine groups is 1. The lowest BCUT2D eigenvalue weighted by Crippen LogP contribution is -2.34. The number of nitrogens with zero attached hydrogens (tertiary/aromatic N) is 7. The van der Waals surface area contributed by atoms with Crippen molar-refractivity contribution < 1.29 is 23.1 Å². The van der Waals surface area contributed by atoms with Crippen LogP contribution in [0.1, 0.15) is 62.9 Å². The molecule has 1 aromatic carbocycles. The highest BCUT2D eigenvalue weighted by Crippen LogP contribution is 2.34. The molecule has 14 heteroatoms. The molecular weight excluding hydrogens is 575 g/mol. The van der Waals surface area contributed by atoms with E-state index in [-0.39, 0.29) is 24.2 Å². The second kappa shape index (κ2) is 12.5. The van der Waals surface area contributed by atoms with Crippen LogP contribution in [0.3, 0.4) is 0 Å². The monoisotopic (exact) mass is 615 g/mol. The van der Waals surface area contributed by atoms with E-state index in [1.54, 1.807) is 0 Å². The molecule has 1 saturated heterocycles. The number of rotatable bonds is 11. The first-order valence-electron chi connectivity index (χ1n) is 15.4. The van der Waals surface area contributed by atoms with Gasteiger partial charge in [-0.05, 0) is 75.2 Å². The first kappa shape index (κ1) is 30.5.